The van der Waals surface area contributed by atoms with Crippen LogP contribution < -0.4 is 5.32 Å². The van der Waals surface area contributed by atoms with E-state index in [9.17, 15) is 23.5 Å². The van der Waals surface area contributed by atoms with E-state index in [-0.39, 0.29) is 12.0 Å². The Kier molecular flexibility index (Phi) is 5.64. The molecule has 4 nitrogen and oxygen atoms in total. The van der Waals surface area contributed by atoms with Crippen LogP contribution in [0.15, 0.2) is 42.5 Å². The first-order valence-corrected chi connectivity index (χ1v) is 7.68. The molecule has 7 heteroatoms. The quantitative estimate of drug-likeness (QED) is 0.716. The molecule has 0 aliphatic rings. The Morgan fingerprint density at radius 2 is 1.83 bits per heavy atom. The Labute approximate surface area is 144 Å². The fourth-order valence-corrected chi connectivity index (χ4v) is 2.57. The average Bonchev–Trinajstić information content (AvgIpc) is 2.51. The third-order valence-electron chi connectivity index (χ3n) is 3.17. The topological polar surface area (TPSA) is 66.4 Å². The molecule has 2 aromatic rings. The molecule has 1 atom stereocenters. The molecule has 120 valence electrons. The van der Waals surface area contributed by atoms with Gasteiger partial charge in [0.05, 0.1) is 0 Å². The minimum atomic E-state index is -1.21. The molecule has 0 aliphatic carbocycles. The second-order valence-corrected chi connectivity index (χ2v) is 5.95. The zero-order chi connectivity index (χ0) is 17.0. The van der Waals surface area contributed by atoms with E-state index in [0.717, 1.165) is 27.3 Å². The Bertz CT molecular complexity index is 752. The van der Waals surface area contributed by atoms with E-state index >= 15 is 0 Å². The molecule has 0 radical (unpaired) electrons. The van der Waals surface area contributed by atoms with Crippen molar-refractivity contribution in [3.8, 4) is 0 Å². The van der Waals surface area contributed by atoms with Crippen LogP contribution in [0, 0.1) is 15.2 Å². The van der Waals surface area contributed by atoms with Crippen LogP contribution in [0.2, 0.25) is 0 Å². The van der Waals surface area contributed by atoms with Crippen LogP contribution in [0.25, 0.3) is 0 Å². The molecule has 0 spiro atoms. The van der Waals surface area contributed by atoms with Gasteiger partial charge in [-0.2, -0.15) is 0 Å². The summed E-state index contributed by atoms with van der Waals surface area (Å²) in [7, 11) is 0. The molecule has 1 amide bonds. The Hall–Kier alpha value is -2.03. The van der Waals surface area contributed by atoms with Crippen molar-refractivity contribution in [1.29, 1.82) is 0 Å². The Morgan fingerprint density at radius 3 is 2.43 bits per heavy atom. The number of carbonyl (C=O) groups is 2. The van der Waals surface area contributed by atoms with Crippen molar-refractivity contribution in [2.24, 2.45) is 0 Å². The molecule has 0 unspecified atom stereocenters. The minimum Gasteiger partial charge on any atom is -0.480 e. The summed E-state index contributed by atoms with van der Waals surface area (Å²) in [6.07, 6.45) is 0.0872. The predicted molar refractivity (Wildman–Crippen MR) is 88.1 cm³/mol. The van der Waals surface area contributed by atoms with Crippen molar-refractivity contribution < 1.29 is 23.5 Å². The van der Waals surface area contributed by atoms with Crippen molar-refractivity contribution in [3.63, 3.8) is 0 Å². The summed E-state index contributed by atoms with van der Waals surface area (Å²) in [5.41, 5.74) is 0.629. The van der Waals surface area contributed by atoms with E-state index < -0.39 is 29.6 Å². The number of carboxylic acids is 1. The molecule has 0 fully saturated rings. The van der Waals surface area contributed by atoms with Crippen molar-refractivity contribution in [2.45, 2.75) is 12.5 Å². The normalized spacial score (nSPS) is 11.8. The van der Waals surface area contributed by atoms with Gasteiger partial charge in [0.25, 0.3) is 5.91 Å². The number of aliphatic carboxylic acids is 1. The smallest absolute Gasteiger partial charge is 0.326 e. The molecular formula is C16H12F2INO3. The summed E-state index contributed by atoms with van der Waals surface area (Å²) in [6, 6.07) is 8.66. The van der Waals surface area contributed by atoms with Gasteiger partial charge in [-0.15, -0.1) is 0 Å². The molecule has 0 heterocycles. The summed E-state index contributed by atoms with van der Waals surface area (Å²) in [5, 5.41) is 11.6. The first-order valence-electron chi connectivity index (χ1n) is 6.60. The molecule has 2 rings (SSSR count). The standard InChI is InChI=1S/C16H12F2INO3/c17-11-6-5-10(7-12(11)18)15(21)20-14(16(22)23)8-9-3-1-2-4-13(9)19/h1-7,14H,8H2,(H,20,21)(H,22,23)/t14-/m1/s1. The number of benzene rings is 2. The lowest BCUT2D eigenvalue weighted by Crippen LogP contribution is -2.42. The molecule has 0 aromatic heterocycles. The lowest BCUT2D eigenvalue weighted by Gasteiger charge is -2.15. The van der Waals surface area contributed by atoms with E-state index in [2.05, 4.69) is 27.9 Å². The van der Waals surface area contributed by atoms with E-state index in [1.165, 1.54) is 0 Å². The number of hydrogen-bond donors (Lipinski definition) is 2. The number of nitrogens with one attached hydrogen (secondary N) is 1. The van der Waals surface area contributed by atoms with Crippen LogP contribution in [0.5, 0.6) is 0 Å². The predicted octanol–water partition coefficient (Wildman–Crippen LogP) is 3.00. The van der Waals surface area contributed by atoms with E-state index in [4.69, 9.17) is 0 Å². The van der Waals surface area contributed by atoms with Crippen LogP contribution in [-0.4, -0.2) is 23.0 Å². The minimum absolute atomic E-state index is 0.0872. The van der Waals surface area contributed by atoms with Crippen LogP contribution in [0.1, 0.15) is 15.9 Å². The number of halogens is 3. The van der Waals surface area contributed by atoms with Gasteiger partial charge in [0.2, 0.25) is 0 Å². The molecule has 2 N–H and O–H groups in total. The maximum absolute atomic E-state index is 13.2. The highest BCUT2D eigenvalue weighted by atomic mass is 127. The van der Waals surface area contributed by atoms with Crippen LogP contribution in [-0.2, 0) is 11.2 Å². The van der Waals surface area contributed by atoms with Crippen LogP contribution in [0.4, 0.5) is 8.78 Å². The highest BCUT2D eigenvalue weighted by Gasteiger charge is 2.22. The maximum Gasteiger partial charge on any atom is 0.326 e. The summed E-state index contributed by atoms with van der Waals surface area (Å²) in [5.74, 6) is -4.22. The number of hydrogen-bond acceptors (Lipinski definition) is 2. The van der Waals surface area contributed by atoms with Crippen LogP contribution in [0.3, 0.4) is 0 Å². The highest BCUT2D eigenvalue weighted by Crippen LogP contribution is 2.14. The van der Waals surface area contributed by atoms with Gasteiger partial charge in [-0.1, -0.05) is 18.2 Å². The van der Waals surface area contributed by atoms with Gasteiger partial charge in [-0.3, -0.25) is 4.79 Å². The molecular weight excluding hydrogens is 419 g/mol. The molecule has 0 aliphatic heterocycles. The second-order valence-electron chi connectivity index (χ2n) is 4.79. The summed E-state index contributed by atoms with van der Waals surface area (Å²) in [6.45, 7) is 0. The van der Waals surface area contributed by atoms with Crippen molar-refractivity contribution >= 4 is 34.5 Å². The fraction of sp³-hybridized carbons (Fsp3) is 0.125. The lowest BCUT2D eigenvalue weighted by molar-refractivity contribution is -0.139. The van der Waals surface area contributed by atoms with Crippen molar-refractivity contribution in [3.05, 3.63) is 68.8 Å². The fourth-order valence-electron chi connectivity index (χ4n) is 1.96. The van der Waals surface area contributed by atoms with Crippen molar-refractivity contribution in [2.75, 3.05) is 0 Å². The lowest BCUT2D eigenvalue weighted by atomic mass is 10.1. The zero-order valence-corrected chi connectivity index (χ0v) is 13.9. The zero-order valence-electron chi connectivity index (χ0n) is 11.7. The van der Waals surface area contributed by atoms with Gasteiger partial charge >= 0.3 is 5.97 Å². The van der Waals surface area contributed by atoms with E-state index in [0.29, 0.717) is 0 Å². The first-order chi connectivity index (χ1) is 10.9. The summed E-state index contributed by atoms with van der Waals surface area (Å²) >= 11 is 2.07. The summed E-state index contributed by atoms with van der Waals surface area (Å²) < 4.78 is 26.9. The second kappa shape index (κ2) is 7.49. The highest BCUT2D eigenvalue weighted by molar-refractivity contribution is 14.1. The largest absolute Gasteiger partial charge is 0.480 e. The van der Waals surface area contributed by atoms with Gasteiger partial charge in [0.15, 0.2) is 11.6 Å². The Morgan fingerprint density at radius 1 is 1.13 bits per heavy atom. The first kappa shape index (κ1) is 17.3. The Balaban J connectivity index is 2.16. The van der Waals surface area contributed by atoms with Gasteiger partial charge < -0.3 is 10.4 Å². The van der Waals surface area contributed by atoms with Gasteiger partial charge in [0, 0.05) is 15.6 Å². The summed E-state index contributed by atoms with van der Waals surface area (Å²) in [4.78, 5) is 23.4. The maximum atomic E-state index is 13.2. The molecule has 0 saturated carbocycles. The molecule has 23 heavy (non-hydrogen) atoms. The molecule has 0 bridgehead atoms. The number of amides is 1. The number of carbonyl (C=O) groups excluding carboxylic acids is 1. The molecule has 0 saturated heterocycles. The van der Waals surface area contributed by atoms with Gasteiger partial charge in [-0.05, 0) is 52.4 Å². The monoisotopic (exact) mass is 431 g/mol. The third kappa shape index (κ3) is 4.47. The van der Waals surface area contributed by atoms with Crippen LogP contribution >= 0.6 is 22.6 Å². The van der Waals surface area contributed by atoms with E-state index in [1.54, 1.807) is 12.1 Å². The van der Waals surface area contributed by atoms with Gasteiger partial charge in [0.1, 0.15) is 6.04 Å². The molecule has 2 aromatic carbocycles. The third-order valence-corrected chi connectivity index (χ3v) is 4.22. The van der Waals surface area contributed by atoms with E-state index in [1.807, 2.05) is 12.1 Å². The SMILES string of the molecule is O=C(N[C@H](Cc1ccccc1I)C(=O)O)c1ccc(F)c(F)c1. The number of carboxylic acid groups (broad SMARTS) is 1. The van der Waals surface area contributed by atoms with Crippen molar-refractivity contribution in [1.82, 2.24) is 5.32 Å². The average molecular weight is 431 g/mol. The van der Waals surface area contributed by atoms with Gasteiger partial charge in [-0.25, -0.2) is 13.6 Å². The number of rotatable bonds is 5.